The Morgan fingerprint density at radius 3 is 2.81 bits per heavy atom. The highest BCUT2D eigenvalue weighted by Gasteiger charge is 2.39. The number of carbonyl (C=O) groups excluding carboxylic acids is 1. The van der Waals surface area contributed by atoms with E-state index < -0.39 is 0 Å². The molecule has 0 unspecified atom stereocenters. The maximum Gasteiger partial charge on any atom is 0.259 e. The van der Waals surface area contributed by atoms with Gasteiger partial charge in [-0.2, -0.15) is 0 Å². The molecule has 2 saturated heterocycles. The number of carbonyl (C=O) groups is 1. The highest BCUT2D eigenvalue weighted by molar-refractivity contribution is 6.06. The number of hydrogen-bond acceptors (Lipinski definition) is 5. The maximum absolute atomic E-state index is 13.5. The topological polar surface area (TPSA) is 71.3 Å². The number of likely N-dealkylation sites (tertiary alicyclic amines) is 1. The molecule has 0 bridgehead atoms. The van der Waals surface area contributed by atoms with Crippen molar-refractivity contribution in [3.63, 3.8) is 0 Å². The first kappa shape index (κ1) is 17.2. The number of piperidine rings is 1. The van der Waals surface area contributed by atoms with Gasteiger partial charge in [-0.1, -0.05) is 18.5 Å². The number of rotatable bonds is 4. The number of aromatic nitrogens is 2. The molecule has 144 valence electrons. The highest BCUT2D eigenvalue weighted by Crippen LogP contribution is 2.41. The minimum absolute atomic E-state index is 0.130. The number of pyridine rings is 1. The Bertz CT molecular complexity index is 854. The second kappa shape index (κ2) is 6.59. The third-order valence-corrected chi connectivity index (χ3v) is 6.69. The van der Waals surface area contributed by atoms with Crippen LogP contribution in [0.15, 0.2) is 10.6 Å². The van der Waals surface area contributed by atoms with E-state index in [4.69, 9.17) is 4.52 Å². The fourth-order valence-electron chi connectivity index (χ4n) is 4.77. The number of nitrogens with zero attached hydrogens (tertiary/aromatic N) is 3. The van der Waals surface area contributed by atoms with Gasteiger partial charge in [-0.05, 0) is 56.6 Å². The van der Waals surface area contributed by atoms with Crippen LogP contribution in [0.5, 0.6) is 0 Å². The Kier molecular flexibility index (Phi) is 4.19. The van der Waals surface area contributed by atoms with Gasteiger partial charge >= 0.3 is 0 Å². The van der Waals surface area contributed by atoms with Gasteiger partial charge in [0.2, 0.25) is 0 Å². The molecule has 3 aliphatic rings. The Balaban J connectivity index is 1.47. The van der Waals surface area contributed by atoms with Crippen LogP contribution in [0, 0.1) is 5.41 Å². The standard InChI is InChI=1S/C21H28N4O2/c1-2-3-16-18-15(12-17(14-4-5-14)23-19(18)27-24-16)20(26)25-10-7-21(8-11-25)6-9-22-13-21/h12,14,22H,2-11,13H2,1H3. The van der Waals surface area contributed by atoms with Crippen LogP contribution in [0.3, 0.4) is 0 Å². The van der Waals surface area contributed by atoms with E-state index in [1.807, 2.05) is 11.0 Å². The normalized spacial score (nSPS) is 22.0. The van der Waals surface area contributed by atoms with Crippen LogP contribution in [0.25, 0.3) is 11.1 Å². The largest absolute Gasteiger partial charge is 0.339 e. The molecule has 2 aromatic heterocycles. The Hall–Kier alpha value is -1.95. The van der Waals surface area contributed by atoms with E-state index >= 15 is 0 Å². The summed E-state index contributed by atoms with van der Waals surface area (Å²) in [5, 5.41) is 8.57. The summed E-state index contributed by atoms with van der Waals surface area (Å²) >= 11 is 0. The number of amides is 1. The van der Waals surface area contributed by atoms with Crippen molar-refractivity contribution in [2.24, 2.45) is 5.41 Å². The summed E-state index contributed by atoms with van der Waals surface area (Å²) in [6.45, 7) is 6.03. The van der Waals surface area contributed by atoms with E-state index in [2.05, 4.69) is 22.4 Å². The molecule has 2 aromatic rings. The van der Waals surface area contributed by atoms with Crippen LogP contribution >= 0.6 is 0 Å². The van der Waals surface area contributed by atoms with Gasteiger partial charge in [0.15, 0.2) is 0 Å². The van der Waals surface area contributed by atoms with Gasteiger partial charge < -0.3 is 14.7 Å². The second-order valence-corrected chi connectivity index (χ2v) is 8.65. The lowest BCUT2D eigenvalue weighted by atomic mass is 9.77. The van der Waals surface area contributed by atoms with Crippen LogP contribution in [-0.4, -0.2) is 47.1 Å². The fourth-order valence-corrected chi connectivity index (χ4v) is 4.77. The van der Waals surface area contributed by atoms with Crippen molar-refractivity contribution in [3.05, 3.63) is 23.0 Å². The number of hydrogen-bond donors (Lipinski definition) is 1. The summed E-state index contributed by atoms with van der Waals surface area (Å²) in [6, 6.07) is 2.03. The van der Waals surface area contributed by atoms with Gasteiger partial charge in [-0.25, -0.2) is 4.98 Å². The fraction of sp³-hybridized carbons (Fsp3) is 0.667. The average Bonchev–Trinajstić information content (AvgIpc) is 3.33. The van der Waals surface area contributed by atoms with Gasteiger partial charge in [0.05, 0.1) is 16.6 Å². The summed E-state index contributed by atoms with van der Waals surface area (Å²) in [5.41, 5.74) is 3.58. The summed E-state index contributed by atoms with van der Waals surface area (Å²) in [7, 11) is 0. The molecule has 0 atom stereocenters. The maximum atomic E-state index is 13.5. The molecule has 0 aromatic carbocycles. The van der Waals surface area contributed by atoms with Crippen LogP contribution in [0.1, 0.15) is 73.1 Å². The molecule has 2 aliphatic heterocycles. The van der Waals surface area contributed by atoms with Crippen molar-refractivity contribution in [3.8, 4) is 0 Å². The van der Waals surface area contributed by atoms with Crippen molar-refractivity contribution in [2.75, 3.05) is 26.2 Å². The molecule has 1 amide bonds. The predicted molar refractivity (Wildman–Crippen MR) is 103 cm³/mol. The molecule has 4 heterocycles. The van der Waals surface area contributed by atoms with E-state index in [1.165, 1.54) is 6.42 Å². The first-order valence-corrected chi connectivity index (χ1v) is 10.5. The summed E-state index contributed by atoms with van der Waals surface area (Å²) in [6.07, 6.45) is 7.53. The minimum atomic E-state index is 0.130. The summed E-state index contributed by atoms with van der Waals surface area (Å²) in [5.74, 6) is 0.612. The molecule has 5 rings (SSSR count). The number of aryl methyl sites for hydroxylation is 1. The van der Waals surface area contributed by atoms with E-state index in [0.29, 0.717) is 17.0 Å². The molecular formula is C21H28N4O2. The van der Waals surface area contributed by atoms with Crippen molar-refractivity contribution in [1.82, 2.24) is 20.4 Å². The molecule has 1 saturated carbocycles. The smallest absolute Gasteiger partial charge is 0.259 e. The molecule has 27 heavy (non-hydrogen) atoms. The molecule has 0 radical (unpaired) electrons. The molecule has 1 N–H and O–H groups in total. The lowest BCUT2D eigenvalue weighted by Gasteiger charge is -2.39. The van der Waals surface area contributed by atoms with Crippen LogP contribution in [-0.2, 0) is 6.42 Å². The minimum Gasteiger partial charge on any atom is -0.339 e. The Labute approximate surface area is 159 Å². The highest BCUT2D eigenvalue weighted by atomic mass is 16.5. The molecule has 1 spiro atoms. The van der Waals surface area contributed by atoms with E-state index in [-0.39, 0.29) is 5.91 Å². The Morgan fingerprint density at radius 1 is 1.33 bits per heavy atom. The third-order valence-electron chi connectivity index (χ3n) is 6.69. The van der Waals surface area contributed by atoms with Crippen molar-refractivity contribution < 1.29 is 9.32 Å². The van der Waals surface area contributed by atoms with Crippen molar-refractivity contribution in [1.29, 1.82) is 0 Å². The lowest BCUT2D eigenvalue weighted by molar-refractivity contribution is 0.0609. The van der Waals surface area contributed by atoms with Crippen molar-refractivity contribution in [2.45, 2.75) is 57.8 Å². The molecule has 3 fully saturated rings. The van der Waals surface area contributed by atoms with E-state index in [9.17, 15) is 4.79 Å². The summed E-state index contributed by atoms with van der Waals surface area (Å²) < 4.78 is 5.53. The zero-order valence-corrected chi connectivity index (χ0v) is 16.1. The molecule has 1 aliphatic carbocycles. The first-order chi connectivity index (χ1) is 13.2. The zero-order chi connectivity index (χ0) is 18.4. The summed E-state index contributed by atoms with van der Waals surface area (Å²) in [4.78, 5) is 20.2. The van der Waals surface area contributed by atoms with E-state index in [0.717, 1.165) is 87.0 Å². The SMILES string of the molecule is CCCc1noc2nc(C3CC3)cc(C(=O)N3CCC4(CCNC4)CC3)c12. The van der Waals surface area contributed by atoms with Gasteiger partial charge in [0.1, 0.15) is 0 Å². The van der Waals surface area contributed by atoms with E-state index in [1.54, 1.807) is 0 Å². The number of fused-ring (bicyclic) bond motifs is 1. The van der Waals surface area contributed by atoms with Crippen LogP contribution in [0.4, 0.5) is 0 Å². The van der Waals surface area contributed by atoms with Gasteiger partial charge in [0.25, 0.3) is 11.6 Å². The zero-order valence-electron chi connectivity index (χ0n) is 16.1. The Morgan fingerprint density at radius 2 is 2.15 bits per heavy atom. The molecular weight excluding hydrogens is 340 g/mol. The average molecular weight is 368 g/mol. The molecule has 6 heteroatoms. The second-order valence-electron chi connectivity index (χ2n) is 8.65. The van der Waals surface area contributed by atoms with Gasteiger partial charge in [0, 0.05) is 31.2 Å². The van der Waals surface area contributed by atoms with Gasteiger partial charge in [-0.3, -0.25) is 4.79 Å². The van der Waals surface area contributed by atoms with Crippen LogP contribution in [0.2, 0.25) is 0 Å². The monoisotopic (exact) mass is 368 g/mol. The quantitative estimate of drug-likeness (QED) is 0.897. The number of nitrogens with one attached hydrogen (secondary N) is 1. The predicted octanol–water partition coefficient (Wildman–Crippen LogP) is 3.27. The van der Waals surface area contributed by atoms with Crippen LogP contribution < -0.4 is 5.32 Å². The van der Waals surface area contributed by atoms with Crippen molar-refractivity contribution >= 4 is 17.0 Å². The van der Waals surface area contributed by atoms with Gasteiger partial charge in [-0.15, -0.1) is 0 Å². The lowest BCUT2D eigenvalue weighted by Crippen LogP contribution is -2.44. The first-order valence-electron chi connectivity index (χ1n) is 10.5. The molecule has 6 nitrogen and oxygen atoms in total. The third kappa shape index (κ3) is 3.04.